The van der Waals surface area contributed by atoms with Crippen molar-refractivity contribution >= 4 is 15.9 Å². The summed E-state index contributed by atoms with van der Waals surface area (Å²) in [6, 6.07) is 2.11. The number of aliphatic hydroxyl groups excluding tert-OH is 1. The Balaban J connectivity index is 3.41. The zero-order chi connectivity index (χ0) is 11.6. The van der Waals surface area contributed by atoms with E-state index in [1.54, 1.807) is 7.11 Å². The number of rotatable bonds is 3. The van der Waals surface area contributed by atoms with Gasteiger partial charge in [-0.05, 0) is 40.9 Å². The topological polar surface area (TPSA) is 29.5 Å². The molecule has 15 heavy (non-hydrogen) atoms. The van der Waals surface area contributed by atoms with Gasteiger partial charge in [-0.25, -0.2) is 0 Å². The molecule has 0 aliphatic carbocycles. The number of benzene rings is 1. The first kappa shape index (κ1) is 12.5. The van der Waals surface area contributed by atoms with Crippen molar-refractivity contribution in [3.05, 3.63) is 27.2 Å². The SMILES string of the molecule is COc1c(Br)c(C)cc(C)c1C(C)CO. The predicted molar refractivity (Wildman–Crippen MR) is 65.7 cm³/mol. The zero-order valence-electron chi connectivity index (χ0n) is 9.60. The normalized spacial score (nSPS) is 12.7. The second kappa shape index (κ2) is 4.99. The summed E-state index contributed by atoms with van der Waals surface area (Å²) in [6.07, 6.45) is 0. The third kappa shape index (κ3) is 2.34. The molecule has 1 aromatic rings. The highest BCUT2D eigenvalue weighted by Gasteiger charge is 2.17. The van der Waals surface area contributed by atoms with Crippen molar-refractivity contribution in [2.45, 2.75) is 26.7 Å². The highest BCUT2D eigenvalue weighted by Crippen LogP contribution is 2.38. The van der Waals surface area contributed by atoms with Crippen LogP contribution in [0.1, 0.15) is 29.5 Å². The molecule has 0 aliphatic rings. The van der Waals surface area contributed by atoms with Crippen LogP contribution in [0.25, 0.3) is 0 Å². The molecule has 1 atom stereocenters. The fourth-order valence-electron chi connectivity index (χ4n) is 1.85. The second-order valence-electron chi connectivity index (χ2n) is 3.85. The number of aryl methyl sites for hydroxylation is 2. The molecule has 3 heteroatoms. The lowest BCUT2D eigenvalue weighted by molar-refractivity contribution is 0.269. The predicted octanol–water partition coefficient (Wildman–Crippen LogP) is 3.17. The molecule has 0 amide bonds. The van der Waals surface area contributed by atoms with Crippen molar-refractivity contribution in [2.75, 3.05) is 13.7 Å². The summed E-state index contributed by atoms with van der Waals surface area (Å²) >= 11 is 3.52. The van der Waals surface area contributed by atoms with Gasteiger partial charge in [0.1, 0.15) is 5.75 Å². The van der Waals surface area contributed by atoms with Crippen molar-refractivity contribution < 1.29 is 9.84 Å². The van der Waals surface area contributed by atoms with Gasteiger partial charge < -0.3 is 9.84 Å². The fourth-order valence-corrected chi connectivity index (χ4v) is 2.34. The van der Waals surface area contributed by atoms with Gasteiger partial charge >= 0.3 is 0 Å². The van der Waals surface area contributed by atoms with Gasteiger partial charge in [-0.1, -0.05) is 13.0 Å². The summed E-state index contributed by atoms with van der Waals surface area (Å²) in [7, 11) is 1.66. The summed E-state index contributed by atoms with van der Waals surface area (Å²) in [5, 5.41) is 9.22. The Labute approximate surface area is 99.4 Å². The van der Waals surface area contributed by atoms with Crippen LogP contribution in [-0.2, 0) is 0 Å². The quantitative estimate of drug-likeness (QED) is 0.916. The lowest BCUT2D eigenvalue weighted by Crippen LogP contribution is -2.05. The molecule has 1 rings (SSSR count). The molecule has 0 radical (unpaired) electrons. The molecular weight excluding hydrogens is 256 g/mol. The molecule has 1 aromatic carbocycles. The first-order chi connectivity index (χ1) is 7.02. The summed E-state index contributed by atoms with van der Waals surface area (Å²) in [5.74, 6) is 0.936. The molecule has 0 spiro atoms. The molecule has 2 nitrogen and oxygen atoms in total. The Bertz CT molecular complexity index is 361. The van der Waals surface area contributed by atoms with E-state index in [-0.39, 0.29) is 12.5 Å². The van der Waals surface area contributed by atoms with Gasteiger partial charge in [-0.3, -0.25) is 0 Å². The average molecular weight is 273 g/mol. The molecule has 0 saturated carbocycles. The number of methoxy groups -OCH3 is 1. The number of halogens is 1. The van der Waals surface area contributed by atoms with Crippen LogP contribution in [0.2, 0.25) is 0 Å². The number of hydrogen-bond donors (Lipinski definition) is 1. The largest absolute Gasteiger partial charge is 0.495 e. The van der Waals surface area contributed by atoms with E-state index in [9.17, 15) is 5.11 Å². The van der Waals surface area contributed by atoms with Gasteiger partial charge in [0, 0.05) is 18.1 Å². The van der Waals surface area contributed by atoms with E-state index in [0.29, 0.717) is 0 Å². The standard InChI is InChI=1S/C12H17BrO2/c1-7-5-8(2)11(13)12(15-4)10(7)9(3)6-14/h5,9,14H,6H2,1-4H3. The van der Waals surface area contributed by atoms with Crippen molar-refractivity contribution in [3.8, 4) is 5.75 Å². The van der Waals surface area contributed by atoms with Crippen LogP contribution in [0.15, 0.2) is 10.5 Å². The molecule has 1 N–H and O–H groups in total. The molecule has 84 valence electrons. The van der Waals surface area contributed by atoms with Gasteiger partial charge in [0.25, 0.3) is 0 Å². The van der Waals surface area contributed by atoms with Crippen LogP contribution in [0.5, 0.6) is 5.75 Å². The molecule has 0 saturated heterocycles. The number of ether oxygens (including phenoxy) is 1. The van der Waals surface area contributed by atoms with Gasteiger partial charge in [0.2, 0.25) is 0 Å². The first-order valence-electron chi connectivity index (χ1n) is 4.97. The molecule has 0 heterocycles. The van der Waals surface area contributed by atoms with E-state index < -0.39 is 0 Å². The van der Waals surface area contributed by atoms with Gasteiger partial charge in [0.15, 0.2) is 0 Å². The molecule has 0 aliphatic heterocycles. The van der Waals surface area contributed by atoms with E-state index >= 15 is 0 Å². The molecule has 0 aromatic heterocycles. The maximum atomic E-state index is 9.22. The average Bonchev–Trinajstić information content (AvgIpc) is 2.21. The lowest BCUT2D eigenvalue weighted by Gasteiger charge is -2.19. The van der Waals surface area contributed by atoms with Crippen LogP contribution >= 0.6 is 15.9 Å². The number of aliphatic hydroxyl groups is 1. The molecule has 1 unspecified atom stereocenters. The van der Waals surface area contributed by atoms with Crippen LogP contribution < -0.4 is 4.74 Å². The van der Waals surface area contributed by atoms with E-state index in [1.807, 2.05) is 20.8 Å². The third-order valence-corrected chi connectivity index (χ3v) is 3.60. The highest BCUT2D eigenvalue weighted by atomic mass is 79.9. The van der Waals surface area contributed by atoms with Gasteiger partial charge in [-0.2, -0.15) is 0 Å². The van der Waals surface area contributed by atoms with Crippen molar-refractivity contribution in [1.29, 1.82) is 0 Å². The van der Waals surface area contributed by atoms with Crippen molar-refractivity contribution in [1.82, 2.24) is 0 Å². The lowest BCUT2D eigenvalue weighted by atomic mass is 9.94. The Kier molecular flexibility index (Phi) is 4.17. The van der Waals surface area contributed by atoms with Crippen LogP contribution in [0.3, 0.4) is 0 Å². The monoisotopic (exact) mass is 272 g/mol. The van der Waals surface area contributed by atoms with Gasteiger partial charge in [-0.15, -0.1) is 0 Å². The van der Waals surface area contributed by atoms with E-state index in [2.05, 4.69) is 22.0 Å². The highest BCUT2D eigenvalue weighted by molar-refractivity contribution is 9.10. The molecule has 0 fully saturated rings. The fraction of sp³-hybridized carbons (Fsp3) is 0.500. The maximum Gasteiger partial charge on any atom is 0.137 e. The first-order valence-corrected chi connectivity index (χ1v) is 5.76. The summed E-state index contributed by atoms with van der Waals surface area (Å²) in [4.78, 5) is 0. The summed E-state index contributed by atoms with van der Waals surface area (Å²) in [6.45, 7) is 6.20. The number of hydrogen-bond acceptors (Lipinski definition) is 2. The Morgan fingerprint density at radius 2 is 2.00 bits per heavy atom. The van der Waals surface area contributed by atoms with E-state index in [4.69, 9.17) is 4.74 Å². The Morgan fingerprint density at radius 3 is 2.47 bits per heavy atom. The maximum absolute atomic E-state index is 9.22. The summed E-state index contributed by atoms with van der Waals surface area (Å²) in [5.41, 5.74) is 3.39. The van der Waals surface area contributed by atoms with Crippen molar-refractivity contribution in [2.24, 2.45) is 0 Å². The Morgan fingerprint density at radius 1 is 1.40 bits per heavy atom. The Hall–Kier alpha value is -0.540. The second-order valence-corrected chi connectivity index (χ2v) is 4.65. The summed E-state index contributed by atoms with van der Waals surface area (Å²) < 4.78 is 6.38. The third-order valence-electron chi connectivity index (χ3n) is 2.62. The van der Waals surface area contributed by atoms with Crippen LogP contribution in [0, 0.1) is 13.8 Å². The minimum Gasteiger partial charge on any atom is -0.495 e. The van der Waals surface area contributed by atoms with Crippen LogP contribution in [-0.4, -0.2) is 18.8 Å². The zero-order valence-corrected chi connectivity index (χ0v) is 11.2. The van der Waals surface area contributed by atoms with Crippen LogP contribution in [0.4, 0.5) is 0 Å². The molecule has 0 bridgehead atoms. The van der Waals surface area contributed by atoms with E-state index in [0.717, 1.165) is 26.9 Å². The van der Waals surface area contributed by atoms with Gasteiger partial charge in [0.05, 0.1) is 11.6 Å². The minimum atomic E-state index is 0.0943. The molecular formula is C12H17BrO2. The minimum absolute atomic E-state index is 0.0943. The van der Waals surface area contributed by atoms with E-state index in [1.165, 1.54) is 0 Å². The van der Waals surface area contributed by atoms with Crippen molar-refractivity contribution in [3.63, 3.8) is 0 Å². The smallest absolute Gasteiger partial charge is 0.137 e.